The molecule has 0 saturated heterocycles. The van der Waals surface area contributed by atoms with E-state index in [1.165, 1.54) is 12.8 Å². The van der Waals surface area contributed by atoms with Crippen LogP contribution in [0.3, 0.4) is 0 Å². The molecule has 1 aromatic rings. The van der Waals surface area contributed by atoms with Crippen molar-refractivity contribution in [1.29, 1.82) is 0 Å². The van der Waals surface area contributed by atoms with Gasteiger partial charge < -0.3 is 14.8 Å². The summed E-state index contributed by atoms with van der Waals surface area (Å²) in [4.78, 5) is 13.1. The minimum Gasteiger partial charge on any atom is -0.493 e. The molecule has 0 aliphatic heterocycles. The van der Waals surface area contributed by atoms with Gasteiger partial charge in [0.2, 0.25) is 0 Å². The summed E-state index contributed by atoms with van der Waals surface area (Å²) in [6.45, 7) is 7.63. The number of carbonyl (C=O) groups is 1. The highest BCUT2D eigenvalue weighted by Crippen LogP contribution is 2.32. The fourth-order valence-electron chi connectivity index (χ4n) is 3.49. The quantitative estimate of drug-likeness (QED) is 0.458. The first kappa shape index (κ1) is 20.8. The minimum atomic E-state index is -0.670. The van der Waals surface area contributed by atoms with Gasteiger partial charge in [-0.25, -0.2) is 0 Å². The van der Waals surface area contributed by atoms with E-state index in [0.29, 0.717) is 6.61 Å². The van der Waals surface area contributed by atoms with E-state index in [2.05, 4.69) is 19.2 Å². The molecule has 4 heteroatoms. The van der Waals surface area contributed by atoms with E-state index in [1.54, 1.807) is 0 Å². The number of unbranched alkanes of at least 4 members (excludes halogenated alkanes) is 1. The first-order chi connectivity index (χ1) is 12.6. The molecule has 1 amide bonds. The normalized spacial score (nSPS) is 16.7. The number of rotatable bonds is 9. The third kappa shape index (κ3) is 5.73. The maximum Gasteiger partial charge on any atom is 0.256 e. The summed E-state index contributed by atoms with van der Waals surface area (Å²) in [5, 5.41) is 3.10. The molecule has 1 aliphatic carbocycles. The molecule has 1 fully saturated rings. The van der Waals surface area contributed by atoms with Crippen molar-refractivity contribution in [3.63, 3.8) is 0 Å². The summed E-state index contributed by atoms with van der Waals surface area (Å²) < 4.78 is 11.9. The summed E-state index contributed by atoms with van der Waals surface area (Å²) in [7, 11) is 0. The Kier molecular flexibility index (Phi) is 8.43. The summed E-state index contributed by atoms with van der Waals surface area (Å²) in [6.07, 6.45) is 9.22. The summed E-state index contributed by atoms with van der Waals surface area (Å²) >= 11 is 0. The van der Waals surface area contributed by atoms with Gasteiger partial charge in [-0.1, -0.05) is 46.0 Å². The van der Waals surface area contributed by atoms with Gasteiger partial charge in [-0.3, -0.25) is 4.79 Å². The second-order valence-corrected chi connectivity index (χ2v) is 7.39. The summed E-state index contributed by atoms with van der Waals surface area (Å²) in [6, 6.07) is 5.87. The second kappa shape index (κ2) is 10.6. The lowest BCUT2D eigenvalue weighted by Gasteiger charge is -2.31. The molecule has 0 aromatic heterocycles. The highest BCUT2D eigenvalue weighted by Gasteiger charge is 2.39. The fourth-order valence-corrected chi connectivity index (χ4v) is 3.49. The van der Waals surface area contributed by atoms with Crippen LogP contribution in [-0.4, -0.2) is 24.7 Å². The van der Waals surface area contributed by atoms with Gasteiger partial charge in [-0.05, 0) is 56.4 Å². The van der Waals surface area contributed by atoms with Gasteiger partial charge in [0.15, 0.2) is 0 Å². The van der Waals surface area contributed by atoms with Crippen LogP contribution in [0.15, 0.2) is 18.2 Å². The standard InChI is InChI=1S/C22H35NO3/c1-4-6-16-25-20-12-11-19(17-18(20)3)23-21(24)22(26-15-5-2)13-9-7-8-10-14-22/h11-12,17H,4-10,13-16H2,1-3H3,(H,23,24). The number of carbonyl (C=O) groups excluding carboxylic acids is 1. The van der Waals surface area contributed by atoms with E-state index in [-0.39, 0.29) is 5.91 Å². The van der Waals surface area contributed by atoms with Crippen molar-refractivity contribution in [3.8, 4) is 5.75 Å². The Labute approximate surface area is 158 Å². The third-order valence-corrected chi connectivity index (χ3v) is 5.10. The molecule has 0 heterocycles. The molecule has 1 aliphatic rings. The Balaban J connectivity index is 2.06. The topological polar surface area (TPSA) is 47.6 Å². The SMILES string of the molecule is CCCCOc1ccc(NC(=O)C2(OCCC)CCCCCC2)cc1C. The zero-order chi connectivity index (χ0) is 18.8. The molecule has 1 N–H and O–H groups in total. The largest absolute Gasteiger partial charge is 0.493 e. The summed E-state index contributed by atoms with van der Waals surface area (Å²) in [5.74, 6) is 0.898. The number of ether oxygens (including phenoxy) is 2. The lowest BCUT2D eigenvalue weighted by atomic mass is 9.92. The van der Waals surface area contributed by atoms with Gasteiger partial charge in [-0.15, -0.1) is 0 Å². The van der Waals surface area contributed by atoms with E-state index in [0.717, 1.165) is 68.6 Å². The van der Waals surface area contributed by atoms with Crippen molar-refractivity contribution in [2.24, 2.45) is 0 Å². The zero-order valence-electron chi connectivity index (χ0n) is 16.7. The van der Waals surface area contributed by atoms with Crippen LogP contribution in [0.5, 0.6) is 5.75 Å². The molecule has 0 bridgehead atoms. The summed E-state index contributed by atoms with van der Waals surface area (Å²) in [5.41, 5.74) is 1.19. The predicted octanol–water partition coefficient (Wildman–Crippen LogP) is 5.63. The lowest BCUT2D eigenvalue weighted by molar-refractivity contribution is -0.143. The Morgan fingerprint density at radius 1 is 1.08 bits per heavy atom. The molecule has 0 spiro atoms. The van der Waals surface area contributed by atoms with Crippen LogP contribution in [0, 0.1) is 6.92 Å². The molecular weight excluding hydrogens is 326 g/mol. The van der Waals surface area contributed by atoms with Crippen molar-refractivity contribution in [2.75, 3.05) is 18.5 Å². The lowest BCUT2D eigenvalue weighted by Crippen LogP contribution is -2.45. The van der Waals surface area contributed by atoms with E-state index in [1.807, 2.05) is 25.1 Å². The molecular formula is C22H35NO3. The van der Waals surface area contributed by atoms with Gasteiger partial charge in [0.05, 0.1) is 6.61 Å². The number of hydrogen-bond acceptors (Lipinski definition) is 3. The van der Waals surface area contributed by atoms with Crippen molar-refractivity contribution >= 4 is 11.6 Å². The maximum absolute atomic E-state index is 13.1. The van der Waals surface area contributed by atoms with Gasteiger partial charge in [0.1, 0.15) is 11.4 Å². The first-order valence-electron chi connectivity index (χ1n) is 10.3. The molecule has 146 valence electrons. The first-order valence-corrected chi connectivity index (χ1v) is 10.3. The average molecular weight is 362 g/mol. The van der Waals surface area contributed by atoms with Crippen molar-refractivity contribution < 1.29 is 14.3 Å². The van der Waals surface area contributed by atoms with Crippen LogP contribution in [0.2, 0.25) is 0 Å². The molecule has 0 radical (unpaired) electrons. The van der Waals surface area contributed by atoms with Crippen LogP contribution in [0.25, 0.3) is 0 Å². The Morgan fingerprint density at radius 2 is 1.81 bits per heavy atom. The van der Waals surface area contributed by atoms with Crippen molar-refractivity contribution in [2.45, 2.75) is 84.2 Å². The van der Waals surface area contributed by atoms with Gasteiger partial charge in [0, 0.05) is 12.3 Å². The molecule has 0 unspecified atom stereocenters. The van der Waals surface area contributed by atoms with E-state index < -0.39 is 5.60 Å². The van der Waals surface area contributed by atoms with Crippen LogP contribution in [-0.2, 0) is 9.53 Å². The fraction of sp³-hybridized carbons (Fsp3) is 0.682. The van der Waals surface area contributed by atoms with Crippen LogP contribution in [0.4, 0.5) is 5.69 Å². The van der Waals surface area contributed by atoms with Gasteiger partial charge >= 0.3 is 0 Å². The third-order valence-electron chi connectivity index (χ3n) is 5.10. The molecule has 1 saturated carbocycles. The molecule has 4 nitrogen and oxygen atoms in total. The average Bonchev–Trinajstić information content (AvgIpc) is 2.88. The van der Waals surface area contributed by atoms with E-state index in [9.17, 15) is 4.79 Å². The molecule has 1 aromatic carbocycles. The Morgan fingerprint density at radius 3 is 2.42 bits per heavy atom. The second-order valence-electron chi connectivity index (χ2n) is 7.39. The number of nitrogens with one attached hydrogen (secondary N) is 1. The predicted molar refractivity (Wildman–Crippen MR) is 107 cm³/mol. The molecule has 2 rings (SSSR count). The van der Waals surface area contributed by atoms with Gasteiger partial charge in [-0.2, -0.15) is 0 Å². The maximum atomic E-state index is 13.1. The Bertz CT molecular complexity index is 563. The van der Waals surface area contributed by atoms with E-state index >= 15 is 0 Å². The number of benzene rings is 1. The zero-order valence-corrected chi connectivity index (χ0v) is 16.7. The molecule has 0 atom stereocenters. The Hall–Kier alpha value is -1.55. The van der Waals surface area contributed by atoms with E-state index in [4.69, 9.17) is 9.47 Å². The number of anilines is 1. The number of amides is 1. The van der Waals surface area contributed by atoms with Crippen molar-refractivity contribution in [3.05, 3.63) is 23.8 Å². The van der Waals surface area contributed by atoms with Gasteiger partial charge in [0.25, 0.3) is 5.91 Å². The highest BCUT2D eigenvalue weighted by atomic mass is 16.5. The number of hydrogen-bond donors (Lipinski definition) is 1. The van der Waals surface area contributed by atoms with Crippen LogP contribution in [0.1, 0.15) is 77.2 Å². The highest BCUT2D eigenvalue weighted by molar-refractivity contribution is 5.97. The molecule has 26 heavy (non-hydrogen) atoms. The van der Waals surface area contributed by atoms with Crippen LogP contribution >= 0.6 is 0 Å². The van der Waals surface area contributed by atoms with Crippen LogP contribution < -0.4 is 10.1 Å². The minimum absolute atomic E-state index is 0.00639. The number of aryl methyl sites for hydroxylation is 1. The van der Waals surface area contributed by atoms with Crippen molar-refractivity contribution in [1.82, 2.24) is 0 Å². The monoisotopic (exact) mass is 361 g/mol. The smallest absolute Gasteiger partial charge is 0.256 e.